The molecule has 1 rings (SSSR count). The quantitative estimate of drug-likeness (QED) is 0.708. The summed E-state index contributed by atoms with van der Waals surface area (Å²) in [6.07, 6.45) is 1.07. The molecule has 0 saturated carbocycles. The van der Waals surface area contributed by atoms with E-state index in [1.165, 1.54) is 0 Å². The summed E-state index contributed by atoms with van der Waals surface area (Å²) in [5.74, 6) is 0.0221. The van der Waals surface area contributed by atoms with E-state index in [4.69, 9.17) is 0 Å². The van der Waals surface area contributed by atoms with Crippen LogP contribution < -0.4 is 0 Å². The van der Waals surface area contributed by atoms with Gasteiger partial charge in [0.2, 0.25) is 0 Å². The predicted molar refractivity (Wildman–Crippen MR) is 61.5 cm³/mol. The van der Waals surface area contributed by atoms with Crippen molar-refractivity contribution in [3.8, 4) is 0 Å². The largest absolute Gasteiger partial charge is 0.393 e. The van der Waals surface area contributed by atoms with E-state index < -0.39 is 0 Å². The monoisotopic (exact) mass is 208 g/mol. The van der Waals surface area contributed by atoms with Crippen molar-refractivity contribution in [3.63, 3.8) is 0 Å². The lowest BCUT2D eigenvalue weighted by Gasteiger charge is -2.37. The van der Waals surface area contributed by atoms with Crippen LogP contribution in [0.1, 0.15) is 40.5 Å². The maximum atomic E-state index is 11.4. The Kier molecular flexibility index (Phi) is 3.19. The second-order valence-corrected chi connectivity index (χ2v) is 5.14. The molecule has 2 nitrogen and oxygen atoms in total. The van der Waals surface area contributed by atoms with E-state index in [1.54, 1.807) is 6.92 Å². The highest BCUT2D eigenvalue weighted by Gasteiger charge is 2.34. The van der Waals surface area contributed by atoms with Gasteiger partial charge in [0.1, 0.15) is 0 Å². The number of ketones is 1. The van der Waals surface area contributed by atoms with Crippen LogP contribution >= 0.6 is 0 Å². The summed E-state index contributed by atoms with van der Waals surface area (Å²) < 4.78 is 0. The molecule has 15 heavy (non-hydrogen) atoms. The molecule has 0 unspecified atom stereocenters. The summed E-state index contributed by atoms with van der Waals surface area (Å²) >= 11 is 0. The van der Waals surface area contributed by atoms with Gasteiger partial charge in [0.25, 0.3) is 0 Å². The van der Waals surface area contributed by atoms with Crippen molar-refractivity contribution in [3.05, 3.63) is 23.3 Å². The number of aliphatic hydroxyl groups excluding tert-OH is 1. The van der Waals surface area contributed by atoms with E-state index in [2.05, 4.69) is 20.4 Å². The van der Waals surface area contributed by atoms with E-state index >= 15 is 0 Å². The molecule has 0 heterocycles. The van der Waals surface area contributed by atoms with Crippen molar-refractivity contribution in [2.24, 2.45) is 5.41 Å². The van der Waals surface area contributed by atoms with Crippen LogP contribution in [0.15, 0.2) is 23.3 Å². The number of hydrogen-bond acceptors (Lipinski definition) is 2. The predicted octanol–water partition coefficient (Wildman–Crippen LogP) is 2.63. The molecule has 1 aliphatic carbocycles. The number of Topliss-reactive ketones (excluding diaryl/α,β-unsaturated/α-hetero) is 1. The number of carbonyl (C=O) groups excluding carboxylic acids is 1. The van der Waals surface area contributed by atoms with Gasteiger partial charge in [-0.2, -0.15) is 0 Å². The topological polar surface area (TPSA) is 37.3 Å². The molecule has 0 spiro atoms. The van der Waals surface area contributed by atoms with Crippen LogP contribution in [0.4, 0.5) is 0 Å². The van der Waals surface area contributed by atoms with Crippen LogP contribution in [0.3, 0.4) is 0 Å². The average molecular weight is 208 g/mol. The molecule has 0 aliphatic heterocycles. The number of rotatable bonds is 2. The van der Waals surface area contributed by atoms with E-state index in [0.717, 1.165) is 11.1 Å². The van der Waals surface area contributed by atoms with Crippen molar-refractivity contribution in [1.82, 2.24) is 0 Å². The lowest BCUT2D eigenvalue weighted by molar-refractivity contribution is -0.113. The second-order valence-electron chi connectivity index (χ2n) is 5.14. The third-order valence-corrected chi connectivity index (χ3v) is 3.12. The smallest absolute Gasteiger partial charge is 0.159 e. The summed E-state index contributed by atoms with van der Waals surface area (Å²) in [6.45, 7) is 11.5. The van der Waals surface area contributed by atoms with E-state index in [-0.39, 0.29) is 17.3 Å². The molecule has 0 amide bonds. The van der Waals surface area contributed by atoms with Crippen LogP contribution in [-0.2, 0) is 4.79 Å². The zero-order valence-electron chi connectivity index (χ0n) is 10.1. The number of hydrogen-bond donors (Lipinski definition) is 1. The fraction of sp³-hybridized carbons (Fsp3) is 0.615. The van der Waals surface area contributed by atoms with Gasteiger partial charge in [-0.15, -0.1) is 0 Å². The molecule has 2 heteroatoms. The van der Waals surface area contributed by atoms with Gasteiger partial charge < -0.3 is 5.11 Å². The number of carbonyl (C=O) groups is 1. The molecule has 84 valence electrons. The summed E-state index contributed by atoms with van der Waals surface area (Å²) in [5.41, 5.74) is 2.59. The summed E-state index contributed by atoms with van der Waals surface area (Å²) in [4.78, 5) is 11.4. The van der Waals surface area contributed by atoms with Crippen molar-refractivity contribution >= 4 is 5.78 Å². The number of allylic oxidation sites excluding steroid dienone is 2. The van der Waals surface area contributed by atoms with Gasteiger partial charge in [-0.05, 0) is 37.7 Å². The Hall–Kier alpha value is -0.890. The molecular formula is C13H20O2. The summed E-state index contributed by atoms with van der Waals surface area (Å²) in [7, 11) is 0. The van der Waals surface area contributed by atoms with E-state index in [1.807, 2.05) is 6.92 Å². The Balaban J connectivity index is 3.17. The normalized spacial score (nSPS) is 25.3. The minimum absolute atomic E-state index is 0.0221. The number of aliphatic hydroxyl groups is 1. The van der Waals surface area contributed by atoms with E-state index in [9.17, 15) is 9.90 Å². The van der Waals surface area contributed by atoms with Gasteiger partial charge >= 0.3 is 0 Å². The summed E-state index contributed by atoms with van der Waals surface area (Å²) in [6, 6.07) is 0. The second kappa shape index (κ2) is 3.93. The molecule has 0 saturated heterocycles. The third-order valence-electron chi connectivity index (χ3n) is 3.12. The molecule has 0 aromatic rings. The fourth-order valence-electron chi connectivity index (χ4n) is 2.64. The lowest BCUT2D eigenvalue weighted by atomic mass is 9.69. The molecule has 0 bridgehead atoms. The molecule has 1 aliphatic rings. The first-order valence-corrected chi connectivity index (χ1v) is 5.34. The van der Waals surface area contributed by atoms with Crippen LogP contribution in [0.25, 0.3) is 0 Å². The van der Waals surface area contributed by atoms with Gasteiger partial charge in [-0.3, -0.25) is 4.79 Å². The molecule has 1 N–H and O–H groups in total. The van der Waals surface area contributed by atoms with Gasteiger partial charge in [0.15, 0.2) is 5.78 Å². The van der Waals surface area contributed by atoms with Crippen LogP contribution in [0.2, 0.25) is 0 Å². The van der Waals surface area contributed by atoms with Gasteiger partial charge in [-0.25, -0.2) is 0 Å². The Morgan fingerprint density at radius 2 is 2.07 bits per heavy atom. The minimum Gasteiger partial charge on any atom is -0.393 e. The average Bonchev–Trinajstić information content (AvgIpc) is 1.99. The van der Waals surface area contributed by atoms with Crippen molar-refractivity contribution in [1.29, 1.82) is 0 Å². The van der Waals surface area contributed by atoms with Crippen LogP contribution in [0, 0.1) is 5.41 Å². The molecule has 1 atom stereocenters. The highest BCUT2D eigenvalue weighted by atomic mass is 16.3. The van der Waals surface area contributed by atoms with E-state index in [0.29, 0.717) is 18.4 Å². The highest BCUT2D eigenvalue weighted by Crippen LogP contribution is 2.43. The molecular weight excluding hydrogens is 188 g/mol. The Labute approximate surface area is 91.7 Å². The Bertz CT molecular complexity index is 334. The molecule has 0 fully saturated rings. The van der Waals surface area contributed by atoms with Gasteiger partial charge in [0, 0.05) is 5.57 Å². The third kappa shape index (κ3) is 2.37. The van der Waals surface area contributed by atoms with Gasteiger partial charge in [0.05, 0.1) is 6.10 Å². The molecule has 0 aromatic carbocycles. The van der Waals surface area contributed by atoms with Crippen LogP contribution in [0.5, 0.6) is 0 Å². The van der Waals surface area contributed by atoms with Crippen molar-refractivity contribution in [2.75, 3.05) is 0 Å². The fourth-order valence-corrected chi connectivity index (χ4v) is 2.64. The summed E-state index contributed by atoms with van der Waals surface area (Å²) in [5, 5.41) is 9.70. The Morgan fingerprint density at radius 3 is 2.47 bits per heavy atom. The standard InChI is InChI=1S/C13H20O2/c1-8-6-11(15)7-13(4,5)12(8)9(2)10(3)14/h11,15H,2,6-7H2,1,3-5H3/t11-/m1/s1. The zero-order chi connectivity index (χ0) is 11.8. The minimum atomic E-state index is -0.288. The van der Waals surface area contributed by atoms with Crippen molar-refractivity contribution < 1.29 is 9.90 Å². The van der Waals surface area contributed by atoms with Gasteiger partial charge in [-0.1, -0.05) is 26.0 Å². The Morgan fingerprint density at radius 1 is 1.53 bits per heavy atom. The highest BCUT2D eigenvalue weighted by molar-refractivity contribution is 5.97. The SMILES string of the molecule is C=C(C(C)=O)C1=C(C)C[C@@H](O)CC1(C)C. The zero-order valence-corrected chi connectivity index (χ0v) is 10.1. The maximum absolute atomic E-state index is 11.4. The first kappa shape index (κ1) is 12.2. The molecule has 0 radical (unpaired) electrons. The first-order chi connectivity index (χ1) is 6.75. The van der Waals surface area contributed by atoms with Crippen LogP contribution in [-0.4, -0.2) is 17.0 Å². The van der Waals surface area contributed by atoms with Crippen molar-refractivity contribution in [2.45, 2.75) is 46.6 Å². The first-order valence-electron chi connectivity index (χ1n) is 5.34. The maximum Gasteiger partial charge on any atom is 0.159 e. The lowest BCUT2D eigenvalue weighted by Crippen LogP contribution is -2.30. The molecule has 0 aromatic heterocycles.